The minimum Gasteiger partial charge on any atom is -0.352 e. The zero-order chi connectivity index (χ0) is 13.5. The van der Waals surface area contributed by atoms with Gasteiger partial charge in [0.2, 0.25) is 0 Å². The van der Waals surface area contributed by atoms with Gasteiger partial charge in [0.05, 0.1) is 17.1 Å². The van der Waals surface area contributed by atoms with Crippen molar-refractivity contribution in [3.05, 3.63) is 42.1 Å². The molecule has 0 unspecified atom stereocenters. The minimum atomic E-state index is -0.0874. The fraction of sp³-hybridized carbons (Fsp3) is 0.267. The average molecular weight is 253 g/mol. The monoisotopic (exact) mass is 253 g/mol. The Bertz CT molecular complexity index is 611. The molecule has 4 nitrogen and oxygen atoms in total. The number of unbranched alkanes of at least 4 members (excludes halogenated alkanes) is 2. The van der Waals surface area contributed by atoms with Gasteiger partial charge >= 0.3 is 0 Å². The number of nitrogens with zero attached hydrogens (tertiary/aromatic N) is 2. The molecule has 0 aliphatic heterocycles. The molecule has 4 heteroatoms. The number of carbonyl (C=O) groups excluding carboxylic acids is 1. The SMILES string of the molecule is N#CCCCCNC(=O)c1ccnc2ccccc12. The summed E-state index contributed by atoms with van der Waals surface area (Å²) in [5.74, 6) is -0.0874. The molecule has 19 heavy (non-hydrogen) atoms. The summed E-state index contributed by atoms with van der Waals surface area (Å²) in [6.45, 7) is 0.594. The standard InChI is InChI=1S/C15H15N3O/c16-9-4-1-5-10-18-15(19)13-8-11-17-14-7-3-2-6-12(13)14/h2-3,6-8,11H,1,4-5,10H2,(H,18,19). The van der Waals surface area contributed by atoms with Gasteiger partial charge < -0.3 is 5.32 Å². The first kappa shape index (κ1) is 13.0. The lowest BCUT2D eigenvalue weighted by molar-refractivity contribution is 0.0954. The number of para-hydroxylation sites is 1. The molecule has 0 aliphatic rings. The van der Waals surface area contributed by atoms with E-state index in [4.69, 9.17) is 5.26 Å². The third-order valence-corrected chi connectivity index (χ3v) is 2.89. The maximum Gasteiger partial charge on any atom is 0.252 e. The second-order valence-electron chi connectivity index (χ2n) is 4.25. The maximum atomic E-state index is 12.1. The number of nitrogens with one attached hydrogen (secondary N) is 1. The molecule has 0 spiro atoms. The predicted molar refractivity (Wildman–Crippen MR) is 73.5 cm³/mol. The summed E-state index contributed by atoms with van der Waals surface area (Å²) >= 11 is 0. The van der Waals surface area contributed by atoms with Crippen LogP contribution in [0, 0.1) is 11.3 Å². The van der Waals surface area contributed by atoms with Crippen molar-refractivity contribution in [1.29, 1.82) is 5.26 Å². The van der Waals surface area contributed by atoms with Gasteiger partial charge in [-0.3, -0.25) is 9.78 Å². The highest BCUT2D eigenvalue weighted by molar-refractivity contribution is 6.05. The number of hydrogen-bond acceptors (Lipinski definition) is 3. The Morgan fingerprint density at radius 3 is 2.95 bits per heavy atom. The molecule has 1 aromatic heterocycles. The van der Waals surface area contributed by atoms with Gasteiger partial charge in [-0.1, -0.05) is 18.2 Å². The molecule has 1 heterocycles. The van der Waals surface area contributed by atoms with Gasteiger partial charge in [0.15, 0.2) is 0 Å². The number of nitriles is 1. The van der Waals surface area contributed by atoms with E-state index in [9.17, 15) is 4.79 Å². The lowest BCUT2D eigenvalue weighted by Crippen LogP contribution is -2.24. The average Bonchev–Trinajstić information content (AvgIpc) is 2.46. The van der Waals surface area contributed by atoms with Crippen molar-refractivity contribution in [2.45, 2.75) is 19.3 Å². The summed E-state index contributed by atoms with van der Waals surface area (Å²) in [5, 5.41) is 12.2. The van der Waals surface area contributed by atoms with Crippen LogP contribution in [-0.2, 0) is 0 Å². The summed E-state index contributed by atoms with van der Waals surface area (Å²) in [5.41, 5.74) is 1.46. The number of hydrogen-bond donors (Lipinski definition) is 1. The zero-order valence-electron chi connectivity index (χ0n) is 10.6. The molecule has 2 rings (SSSR count). The van der Waals surface area contributed by atoms with E-state index in [1.807, 2.05) is 24.3 Å². The normalized spacial score (nSPS) is 10.1. The van der Waals surface area contributed by atoms with Gasteiger partial charge in [-0.05, 0) is 25.0 Å². The van der Waals surface area contributed by atoms with Crippen molar-refractivity contribution in [2.24, 2.45) is 0 Å². The molecule has 0 atom stereocenters. The summed E-state index contributed by atoms with van der Waals surface area (Å²) in [4.78, 5) is 16.3. The Morgan fingerprint density at radius 2 is 2.11 bits per heavy atom. The quantitative estimate of drug-likeness (QED) is 0.833. The highest BCUT2D eigenvalue weighted by atomic mass is 16.1. The van der Waals surface area contributed by atoms with Crippen molar-refractivity contribution >= 4 is 16.8 Å². The first-order valence-electron chi connectivity index (χ1n) is 6.32. The fourth-order valence-electron chi connectivity index (χ4n) is 1.92. The zero-order valence-corrected chi connectivity index (χ0v) is 10.6. The molecule has 0 saturated heterocycles. The maximum absolute atomic E-state index is 12.1. The summed E-state index contributed by atoms with van der Waals surface area (Å²) in [6, 6.07) is 11.4. The number of fused-ring (bicyclic) bond motifs is 1. The molecular formula is C15H15N3O. The Kier molecular flexibility index (Phi) is 4.46. The predicted octanol–water partition coefficient (Wildman–Crippen LogP) is 2.66. The van der Waals surface area contributed by atoms with E-state index >= 15 is 0 Å². The third kappa shape index (κ3) is 3.29. The first-order chi connectivity index (χ1) is 9.33. The van der Waals surface area contributed by atoms with Gasteiger partial charge in [0, 0.05) is 24.5 Å². The van der Waals surface area contributed by atoms with Crippen LogP contribution in [0.1, 0.15) is 29.6 Å². The van der Waals surface area contributed by atoms with Crippen LogP contribution in [0.4, 0.5) is 0 Å². The first-order valence-corrected chi connectivity index (χ1v) is 6.32. The molecule has 0 saturated carbocycles. The van der Waals surface area contributed by atoms with Crippen LogP contribution in [0.2, 0.25) is 0 Å². The second-order valence-corrected chi connectivity index (χ2v) is 4.25. The molecule has 0 fully saturated rings. The number of benzene rings is 1. The molecule has 0 radical (unpaired) electrons. The van der Waals surface area contributed by atoms with Crippen LogP contribution >= 0.6 is 0 Å². The van der Waals surface area contributed by atoms with E-state index in [0.717, 1.165) is 23.7 Å². The second kappa shape index (κ2) is 6.50. The van der Waals surface area contributed by atoms with Crippen molar-refractivity contribution < 1.29 is 4.79 Å². The van der Waals surface area contributed by atoms with E-state index in [1.165, 1.54) is 0 Å². The Labute approximate surface area is 112 Å². The Balaban J connectivity index is 2.03. The fourth-order valence-corrected chi connectivity index (χ4v) is 1.92. The molecule has 96 valence electrons. The molecule has 2 aromatic rings. The van der Waals surface area contributed by atoms with Gasteiger partial charge in [-0.2, -0.15) is 5.26 Å². The van der Waals surface area contributed by atoms with Crippen LogP contribution in [0.5, 0.6) is 0 Å². The van der Waals surface area contributed by atoms with Crippen LogP contribution in [0.25, 0.3) is 10.9 Å². The van der Waals surface area contributed by atoms with E-state index in [2.05, 4.69) is 16.4 Å². The smallest absolute Gasteiger partial charge is 0.252 e. The number of aromatic nitrogens is 1. The van der Waals surface area contributed by atoms with Crippen LogP contribution in [0.3, 0.4) is 0 Å². The number of rotatable bonds is 5. The van der Waals surface area contributed by atoms with Crippen molar-refractivity contribution in [1.82, 2.24) is 10.3 Å². The third-order valence-electron chi connectivity index (χ3n) is 2.89. The molecule has 1 aromatic carbocycles. The topological polar surface area (TPSA) is 65.8 Å². The Morgan fingerprint density at radius 1 is 1.26 bits per heavy atom. The molecule has 1 N–H and O–H groups in total. The van der Waals surface area contributed by atoms with E-state index < -0.39 is 0 Å². The van der Waals surface area contributed by atoms with Crippen molar-refractivity contribution in [3.63, 3.8) is 0 Å². The molecule has 0 bridgehead atoms. The summed E-state index contributed by atoms with van der Waals surface area (Å²) in [6.07, 6.45) is 3.82. The largest absolute Gasteiger partial charge is 0.352 e. The van der Waals surface area contributed by atoms with Crippen LogP contribution in [-0.4, -0.2) is 17.4 Å². The Hall–Kier alpha value is -2.41. The highest BCUT2D eigenvalue weighted by Gasteiger charge is 2.09. The lowest BCUT2D eigenvalue weighted by Gasteiger charge is -2.07. The lowest BCUT2D eigenvalue weighted by atomic mass is 10.1. The van der Waals surface area contributed by atoms with Gasteiger partial charge in [-0.25, -0.2) is 0 Å². The van der Waals surface area contributed by atoms with Crippen molar-refractivity contribution in [2.75, 3.05) is 6.54 Å². The number of pyridine rings is 1. The minimum absolute atomic E-state index is 0.0874. The van der Waals surface area contributed by atoms with Gasteiger partial charge in [0.25, 0.3) is 5.91 Å². The van der Waals surface area contributed by atoms with Crippen LogP contribution in [0.15, 0.2) is 36.5 Å². The molecule has 1 amide bonds. The number of amides is 1. The molecular weight excluding hydrogens is 238 g/mol. The number of carbonyl (C=O) groups is 1. The van der Waals surface area contributed by atoms with Gasteiger partial charge in [0.1, 0.15) is 0 Å². The van der Waals surface area contributed by atoms with E-state index in [-0.39, 0.29) is 5.91 Å². The summed E-state index contributed by atoms with van der Waals surface area (Å²) < 4.78 is 0. The molecule has 0 aliphatic carbocycles. The van der Waals surface area contributed by atoms with Crippen molar-refractivity contribution in [3.8, 4) is 6.07 Å². The van der Waals surface area contributed by atoms with E-state index in [0.29, 0.717) is 18.5 Å². The summed E-state index contributed by atoms with van der Waals surface area (Å²) in [7, 11) is 0. The van der Waals surface area contributed by atoms with Crippen LogP contribution < -0.4 is 5.32 Å². The van der Waals surface area contributed by atoms with E-state index in [1.54, 1.807) is 12.3 Å². The highest BCUT2D eigenvalue weighted by Crippen LogP contribution is 2.15. The van der Waals surface area contributed by atoms with Gasteiger partial charge in [-0.15, -0.1) is 0 Å².